The number of nitrogens with one attached hydrogen (secondary N) is 1. The van der Waals surface area contributed by atoms with Gasteiger partial charge in [0.05, 0.1) is 0 Å². The van der Waals surface area contributed by atoms with Crippen LogP contribution in [-0.4, -0.2) is 24.7 Å². The molecule has 0 saturated carbocycles. The normalized spacial score (nSPS) is 12.2. The first-order valence-electron chi connectivity index (χ1n) is 5.69. The van der Waals surface area contributed by atoms with Crippen LogP contribution in [0.5, 0.6) is 0 Å². The fourth-order valence-electron chi connectivity index (χ4n) is 1.57. The maximum Gasteiger partial charge on any atom is 0.245 e. The number of nitrogens with two attached hydrogens (primary N) is 1. The van der Waals surface area contributed by atoms with Crippen LogP contribution in [0.15, 0.2) is 11.1 Å². The highest BCUT2D eigenvalue weighted by Gasteiger charge is 2.21. The zero-order valence-corrected chi connectivity index (χ0v) is 11.3. The van der Waals surface area contributed by atoms with E-state index < -0.39 is 10.0 Å². The first-order valence-corrected chi connectivity index (χ1v) is 7.17. The fraction of sp³-hybridized carbons (Fsp3) is 0.700. The van der Waals surface area contributed by atoms with Gasteiger partial charge in [-0.15, -0.1) is 0 Å². The highest BCUT2D eigenvalue weighted by molar-refractivity contribution is 7.89. The van der Waals surface area contributed by atoms with Gasteiger partial charge < -0.3 is 5.73 Å². The summed E-state index contributed by atoms with van der Waals surface area (Å²) in [6.07, 6.45) is 3.30. The van der Waals surface area contributed by atoms with Gasteiger partial charge in [-0.3, -0.25) is 4.68 Å². The molecule has 0 saturated heterocycles. The molecule has 0 aliphatic heterocycles. The van der Waals surface area contributed by atoms with Crippen molar-refractivity contribution in [1.82, 2.24) is 14.5 Å². The minimum Gasteiger partial charge on any atom is -0.381 e. The summed E-state index contributed by atoms with van der Waals surface area (Å²) in [5.41, 5.74) is 5.55. The molecule has 0 aliphatic rings. The number of anilines is 1. The van der Waals surface area contributed by atoms with E-state index in [1.807, 2.05) is 13.8 Å². The van der Waals surface area contributed by atoms with Gasteiger partial charge in [-0.05, 0) is 5.92 Å². The van der Waals surface area contributed by atoms with Crippen LogP contribution < -0.4 is 10.5 Å². The average molecular weight is 260 g/mol. The quantitative estimate of drug-likeness (QED) is 0.788. The fourth-order valence-corrected chi connectivity index (χ4v) is 2.79. The van der Waals surface area contributed by atoms with Crippen LogP contribution in [0.25, 0.3) is 0 Å². The van der Waals surface area contributed by atoms with E-state index in [0.717, 1.165) is 12.8 Å². The van der Waals surface area contributed by atoms with Crippen molar-refractivity contribution >= 4 is 15.8 Å². The van der Waals surface area contributed by atoms with Gasteiger partial charge in [0.15, 0.2) is 5.82 Å². The Morgan fingerprint density at radius 3 is 2.47 bits per heavy atom. The molecule has 17 heavy (non-hydrogen) atoms. The second kappa shape index (κ2) is 5.50. The van der Waals surface area contributed by atoms with Gasteiger partial charge >= 0.3 is 0 Å². The van der Waals surface area contributed by atoms with Gasteiger partial charge in [-0.1, -0.05) is 26.7 Å². The molecule has 6 nitrogen and oxygen atoms in total. The Morgan fingerprint density at radius 2 is 2.06 bits per heavy atom. The van der Waals surface area contributed by atoms with Crippen molar-refractivity contribution in [3.05, 3.63) is 6.20 Å². The van der Waals surface area contributed by atoms with Crippen molar-refractivity contribution in [2.45, 2.75) is 31.6 Å². The van der Waals surface area contributed by atoms with Crippen LogP contribution in [0.4, 0.5) is 5.82 Å². The third-order valence-electron chi connectivity index (χ3n) is 2.83. The van der Waals surface area contributed by atoms with Crippen LogP contribution in [0.2, 0.25) is 0 Å². The third-order valence-corrected chi connectivity index (χ3v) is 4.27. The molecule has 1 rings (SSSR count). The number of nitrogen functional groups attached to an aromatic ring is 1. The van der Waals surface area contributed by atoms with E-state index in [9.17, 15) is 8.42 Å². The molecule has 3 N–H and O–H groups in total. The molecular formula is C10H20N4O2S. The van der Waals surface area contributed by atoms with Crippen molar-refractivity contribution in [2.75, 3.05) is 12.3 Å². The van der Waals surface area contributed by atoms with Gasteiger partial charge in [-0.25, -0.2) is 13.1 Å². The molecular weight excluding hydrogens is 240 g/mol. The monoisotopic (exact) mass is 260 g/mol. The summed E-state index contributed by atoms with van der Waals surface area (Å²) in [5.74, 6) is 0.382. The first-order chi connectivity index (χ1) is 7.90. The number of hydrogen-bond donors (Lipinski definition) is 2. The van der Waals surface area contributed by atoms with Crippen molar-refractivity contribution < 1.29 is 8.42 Å². The van der Waals surface area contributed by atoms with E-state index in [4.69, 9.17) is 5.73 Å². The van der Waals surface area contributed by atoms with Crippen molar-refractivity contribution in [2.24, 2.45) is 13.0 Å². The van der Waals surface area contributed by atoms with Crippen LogP contribution >= 0.6 is 0 Å². The molecule has 0 aromatic carbocycles. The molecule has 98 valence electrons. The molecule has 0 radical (unpaired) electrons. The molecule has 1 aromatic heterocycles. The highest BCUT2D eigenvalue weighted by Crippen LogP contribution is 2.16. The zero-order chi connectivity index (χ0) is 13.1. The first kappa shape index (κ1) is 14.0. The van der Waals surface area contributed by atoms with Crippen LogP contribution in [-0.2, 0) is 17.1 Å². The molecule has 0 atom stereocenters. The summed E-state index contributed by atoms with van der Waals surface area (Å²) < 4.78 is 27.9. The lowest BCUT2D eigenvalue weighted by Gasteiger charge is -2.12. The van der Waals surface area contributed by atoms with E-state index in [-0.39, 0.29) is 10.7 Å². The smallest absolute Gasteiger partial charge is 0.245 e. The topological polar surface area (TPSA) is 90.0 Å². The third kappa shape index (κ3) is 3.44. The van der Waals surface area contributed by atoms with Gasteiger partial charge in [0, 0.05) is 19.8 Å². The van der Waals surface area contributed by atoms with Crippen LogP contribution in [0, 0.1) is 5.92 Å². The standard InChI is InChI=1S/C10H20N4O2S/c1-4-8(5-2)6-12-17(15,16)9-7-14(3)13-10(9)11/h7-8,12H,4-6H2,1-3H3,(H2,11,13). The van der Waals surface area contributed by atoms with Crippen molar-refractivity contribution in [3.63, 3.8) is 0 Å². The van der Waals surface area contributed by atoms with E-state index in [1.54, 1.807) is 7.05 Å². The summed E-state index contributed by atoms with van der Waals surface area (Å²) in [6, 6.07) is 0. The Labute approximate surface area is 102 Å². The number of aromatic nitrogens is 2. The number of hydrogen-bond acceptors (Lipinski definition) is 4. The van der Waals surface area contributed by atoms with Gasteiger partial charge in [0.2, 0.25) is 10.0 Å². The molecule has 0 amide bonds. The predicted molar refractivity (Wildman–Crippen MR) is 66.9 cm³/mol. The Hall–Kier alpha value is -1.08. The van der Waals surface area contributed by atoms with Crippen LogP contribution in [0.1, 0.15) is 26.7 Å². The SMILES string of the molecule is CCC(CC)CNS(=O)(=O)c1cn(C)nc1N. The summed E-state index contributed by atoms with van der Waals surface area (Å²) in [5, 5.41) is 3.82. The molecule has 7 heteroatoms. The maximum atomic E-state index is 12.0. The van der Waals surface area contributed by atoms with E-state index in [0.29, 0.717) is 12.5 Å². The van der Waals surface area contributed by atoms with Crippen molar-refractivity contribution in [3.8, 4) is 0 Å². The summed E-state index contributed by atoms with van der Waals surface area (Å²) in [6.45, 7) is 4.52. The molecule has 0 spiro atoms. The van der Waals surface area contributed by atoms with Gasteiger partial charge in [0.1, 0.15) is 4.90 Å². The number of nitrogens with zero attached hydrogens (tertiary/aromatic N) is 2. The van der Waals surface area contributed by atoms with Crippen molar-refractivity contribution in [1.29, 1.82) is 0 Å². The largest absolute Gasteiger partial charge is 0.381 e. The minimum atomic E-state index is -3.54. The highest BCUT2D eigenvalue weighted by atomic mass is 32.2. The Bertz CT molecular complexity index is 463. The summed E-state index contributed by atoms with van der Waals surface area (Å²) in [4.78, 5) is 0.0472. The molecule has 0 aliphatic carbocycles. The van der Waals surface area contributed by atoms with E-state index in [2.05, 4.69) is 9.82 Å². The second-order valence-electron chi connectivity index (χ2n) is 4.09. The maximum absolute atomic E-state index is 12.0. The lowest BCUT2D eigenvalue weighted by atomic mass is 10.0. The van der Waals surface area contributed by atoms with Gasteiger partial charge in [0.25, 0.3) is 0 Å². The molecule has 0 bridgehead atoms. The lowest BCUT2D eigenvalue weighted by Crippen LogP contribution is -2.29. The Balaban J connectivity index is 2.79. The number of aryl methyl sites for hydroxylation is 1. The Morgan fingerprint density at radius 1 is 1.47 bits per heavy atom. The van der Waals surface area contributed by atoms with E-state index >= 15 is 0 Å². The predicted octanol–water partition coefficient (Wildman–Crippen LogP) is 0.717. The Kier molecular flexibility index (Phi) is 4.53. The van der Waals surface area contributed by atoms with Gasteiger partial charge in [-0.2, -0.15) is 5.10 Å². The molecule has 1 heterocycles. The second-order valence-corrected chi connectivity index (χ2v) is 5.82. The minimum absolute atomic E-state index is 0.0320. The van der Waals surface area contributed by atoms with Crippen LogP contribution in [0.3, 0.4) is 0 Å². The lowest BCUT2D eigenvalue weighted by molar-refractivity contribution is 0.479. The molecule has 0 unspecified atom stereocenters. The number of sulfonamides is 1. The number of rotatable bonds is 6. The summed E-state index contributed by atoms with van der Waals surface area (Å²) >= 11 is 0. The average Bonchev–Trinajstić information content (AvgIpc) is 2.60. The summed E-state index contributed by atoms with van der Waals surface area (Å²) in [7, 11) is -1.91. The molecule has 0 fully saturated rings. The van der Waals surface area contributed by atoms with E-state index in [1.165, 1.54) is 10.9 Å². The molecule has 1 aromatic rings. The zero-order valence-electron chi connectivity index (χ0n) is 10.5.